The molecule has 0 aliphatic carbocycles. The Bertz CT molecular complexity index is 74.6. The fourth-order valence-electron chi connectivity index (χ4n) is 1.47. The van der Waals surface area contributed by atoms with Crippen molar-refractivity contribution in [3.8, 4) is 0 Å². The van der Waals surface area contributed by atoms with E-state index in [-0.39, 0.29) is 0 Å². The van der Waals surface area contributed by atoms with Gasteiger partial charge in [-0.15, -0.1) is 26.2 Å². The third-order valence-electron chi connectivity index (χ3n) is 2.26. The molecule has 0 amide bonds. The molecule has 15 heavy (non-hydrogen) atoms. The number of hydrogen-bond acceptors (Lipinski definition) is 0. The van der Waals surface area contributed by atoms with Gasteiger partial charge in [0.1, 0.15) is 0 Å². The molecule has 0 unspecified atom stereocenters. The molecule has 2 aliphatic heterocycles. The molecular weight excluding hydrogens is 278 g/mol. The van der Waals surface area contributed by atoms with Crippen molar-refractivity contribution < 1.29 is 12.9 Å². The Morgan fingerprint density at radius 2 is 0.867 bits per heavy atom. The van der Waals surface area contributed by atoms with E-state index >= 15 is 0 Å². The van der Waals surface area contributed by atoms with Crippen molar-refractivity contribution in [2.24, 2.45) is 0 Å². The predicted octanol–water partition coefficient (Wildman–Crippen LogP) is 4.46. The van der Waals surface area contributed by atoms with Crippen LogP contribution in [0.1, 0.15) is 38.5 Å². The molecule has 2 saturated heterocycles. The molecule has 5 heteroatoms. The first-order valence-corrected chi connectivity index (χ1v) is 8.38. The summed E-state index contributed by atoms with van der Waals surface area (Å²) in [6.45, 7) is 4.50. The van der Waals surface area contributed by atoms with Gasteiger partial charge in [-0.05, 0) is 0 Å². The van der Waals surface area contributed by atoms with Crippen LogP contribution in [0.2, 0.25) is 0 Å². The Labute approximate surface area is 108 Å². The van der Waals surface area contributed by atoms with Gasteiger partial charge in [0.15, 0.2) is 0 Å². The van der Waals surface area contributed by atoms with E-state index in [2.05, 4.69) is 10.6 Å². The van der Waals surface area contributed by atoms with Crippen LogP contribution in [0.4, 0.5) is 0 Å². The summed E-state index contributed by atoms with van der Waals surface area (Å²) in [5.41, 5.74) is 0. The van der Waals surface area contributed by atoms with Gasteiger partial charge in [0.25, 0.3) is 0 Å². The van der Waals surface area contributed by atoms with Crippen LogP contribution >= 0.6 is 20.3 Å². The summed E-state index contributed by atoms with van der Waals surface area (Å²) < 4.78 is 0. The normalized spacial score (nSPS) is 20.7. The van der Waals surface area contributed by atoms with Crippen molar-refractivity contribution in [3.05, 3.63) is 10.6 Å². The zero-order valence-corrected chi connectivity index (χ0v) is 11.6. The maximum absolute atomic E-state index is 4.73. The third kappa shape index (κ3) is 15.0. The summed E-state index contributed by atoms with van der Waals surface area (Å²) in [7, 11) is 9.47. The van der Waals surface area contributed by atoms with Crippen LogP contribution in [0, 0.1) is 0 Å². The Balaban J connectivity index is 0.000000210. The zero-order chi connectivity index (χ0) is 11.2. The van der Waals surface area contributed by atoms with Gasteiger partial charge in [0, 0.05) is 0 Å². The topological polar surface area (TPSA) is 28.2 Å². The van der Waals surface area contributed by atoms with E-state index in [9.17, 15) is 0 Å². The average Bonchev–Trinajstić information content (AvgIpc) is 2.35. The molecule has 2 heterocycles. The molecule has 0 saturated carbocycles. The van der Waals surface area contributed by atoms with Crippen LogP contribution in [0.5, 0.6) is 0 Å². The monoisotopic (exact) mass is 297 g/mol. The van der Waals surface area contributed by atoms with Crippen LogP contribution < -0.4 is 0 Å². The van der Waals surface area contributed by atoms with Crippen LogP contribution in [-0.2, 0) is 12.9 Å². The van der Waals surface area contributed by atoms with Crippen molar-refractivity contribution in [2.45, 2.75) is 38.5 Å². The summed E-state index contributed by atoms with van der Waals surface area (Å²) in [4.78, 5) is 0. The molecule has 2 aliphatic rings. The van der Waals surface area contributed by atoms with Crippen LogP contribution in [0.3, 0.4) is 0 Å². The molecule has 0 N–H and O–H groups in total. The molecule has 2 nitrogen and oxygen atoms in total. The van der Waals surface area contributed by atoms with Gasteiger partial charge in [-0.2, -0.15) is 0 Å². The van der Waals surface area contributed by atoms with Gasteiger partial charge < -0.3 is 10.6 Å². The summed E-state index contributed by atoms with van der Waals surface area (Å²) in [5, 5.41) is 8.35. The fourth-order valence-corrected chi connectivity index (χ4v) is 1.47. The van der Waals surface area contributed by atoms with Gasteiger partial charge in [-0.1, -0.05) is 38.5 Å². The maximum atomic E-state index is 4.73. The Morgan fingerprint density at radius 1 is 0.600 bits per heavy atom. The van der Waals surface area contributed by atoms with Gasteiger partial charge in [-0.25, -0.2) is 0 Å². The van der Waals surface area contributed by atoms with Gasteiger partial charge in [-0.3, -0.25) is 0 Å². The van der Waals surface area contributed by atoms with E-state index in [1.54, 1.807) is 0 Å². The Morgan fingerprint density at radius 3 is 0.933 bits per heavy atom. The van der Waals surface area contributed by atoms with E-state index in [0.29, 0.717) is 12.9 Å². The first-order chi connectivity index (χ1) is 7.41. The predicted molar refractivity (Wildman–Crippen MR) is 65.6 cm³/mol. The molecular formula is C10H20Cl2CoN2-2. The van der Waals surface area contributed by atoms with Gasteiger partial charge in [0.05, 0.1) is 0 Å². The molecule has 0 bridgehead atoms. The molecule has 0 atom stereocenters. The molecule has 0 aromatic heterocycles. The Kier molecular flexibility index (Phi) is 16.0. The second-order valence-corrected chi connectivity index (χ2v) is 5.23. The fraction of sp³-hybridized carbons (Fsp3) is 1.00. The average molecular weight is 298 g/mol. The molecule has 0 radical (unpaired) electrons. The SMILES string of the molecule is C1CC[N-]CC1.C1CC[N-]CC1.[Cl][Co][Cl]. The van der Waals surface area contributed by atoms with E-state index in [1.807, 2.05) is 0 Å². The Hall–Kier alpha value is 1.01. The number of rotatable bonds is 0. The summed E-state index contributed by atoms with van der Waals surface area (Å²) in [5.74, 6) is 0. The minimum absolute atomic E-state index is 0.382. The van der Waals surface area contributed by atoms with E-state index in [0.717, 1.165) is 26.2 Å². The number of nitrogens with zero attached hydrogens (tertiary/aromatic N) is 2. The van der Waals surface area contributed by atoms with E-state index in [1.165, 1.54) is 38.5 Å². The number of piperidine rings is 2. The van der Waals surface area contributed by atoms with Crippen LogP contribution in [-0.4, -0.2) is 26.2 Å². The molecule has 0 aromatic carbocycles. The van der Waals surface area contributed by atoms with Gasteiger partial charge in [0.2, 0.25) is 0 Å². The molecule has 2 fully saturated rings. The summed E-state index contributed by atoms with van der Waals surface area (Å²) >= 11 is 0.382. The first-order valence-electron chi connectivity index (χ1n) is 5.52. The van der Waals surface area contributed by atoms with Crippen molar-refractivity contribution in [3.63, 3.8) is 0 Å². The van der Waals surface area contributed by atoms with Crippen LogP contribution in [0.15, 0.2) is 0 Å². The quantitative estimate of drug-likeness (QED) is 0.631. The van der Waals surface area contributed by atoms with E-state index < -0.39 is 0 Å². The minimum atomic E-state index is 0.382. The zero-order valence-electron chi connectivity index (χ0n) is 9.05. The summed E-state index contributed by atoms with van der Waals surface area (Å²) in [6, 6.07) is 0. The van der Waals surface area contributed by atoms with E-state index in [4.69, 9.17) is 20.3 Å². The van der Waals surface area contributed by atoms with Crippen molar-refractivity contribution in [1.82, 2.24) is 0 Å². The molecule has 0 aromatic rings. The van der Waals surface area contributed by atoms with Crippen molar-refractivity contribution in [1.29, 1.82) is 0 Å². The second-order valence-electron chi connectivity index (χ2n) is 3.51. The van der Waals surface area contributed by atoms with Crippen molar-refractivity contribution >= 4 is 20.3 Å². The standard InChI is InChI=1S/2C5H10N.2ClH.Co/c2*1-2-4-6-5-3-1;;;/h2*1-5H2;2*1H;/q2*-1;;;+2/p-2. The molecule has 2 rings (SSSR count). The van der Waals surface area contributed by atoms with Crippen LogP contribution in [0.25, 0.3) is 10.6 Å². The third-order valence-corrected chi connectivity index (χ3v) is 2.26. The number of hydrogen-bond donors (Lipinski definition) is 0. The number of halogens is 2. The molecule has 0 spiro atoms. The second kappa shape index (κ2) is 15.0. The molecule has 95 valence electrons. The van der Waals surface area contributed by atoms with Gasteiger partial charge >= 0.3 is 33.2 Å². The van der Waals surface area contributed by atoms with Crippen molar-refractivity contribution in [2.75, 3.05) is 26.2 Å². The first kappa shape index (κ1) is 16.0. The summed E-state index contributed by atoms with van der Waals surface area (Å²) in [6.07, 6.45) is 8.15.